The Morgan fingerprint density at radius 3 is 1.57 bits per heavy atom. The molecule has 0 unspecified atom stereocenters. The van der Waals surface area contributed by atoms with Crippen molar-refractivity contribution in [3.63, 3.8) is 0 Å². The molecule has 0 aliphatic heterocycles. The Morgan fingerprint density at radius 2 is 1.15 bits per heavy atom. The molecule has 0 bridgehead atoms. The van der Waals surface area contributed by atoms with Gasteiger partial charge in [-0.25, -0.2) is 14.8 Å². The maximum absolute atomic E-state index is 13.1. The molecule has 0 fully saturated rings. The first-order valence-corrected chi connectivity index (χ1v) is 19.2. The number of imidazole rings is 2. The summed E-state index contributed by atoms with van der Waals surface area (Å²) in [6, 6.07) is 22.0. The van der Waals surface area contributed by atoms with Crippen LogP contribution in [-0.4, -0.2) is 64.9 Å². The quantitative estimate of drug-likeness (QED) is 0.0749. The number of hydrogen-bond acceptors (Lipinski definition) is 9. The van der Waals surface area contributed by atoms with Gasteiger partial charge in [-0.1, -0.05) is 47.5 Å². The van der Waals surface area contributed by atoms with E-state index < -0.39 is 29.7 Å². The minimum atomic E-state index is -0.990. The summed E-state index contributed by atoms with van der Waals surface area (Å²) < 4.78 is 9.12. The van der Waals surface area contributed by atoms with E-state index in [4.69, 9.17) is 33.7 Å². The molecule has 0 spiro atoms. The monoisotopic (exact) mass is 876 g/mol. The highest BCUT2D eigenvalue weighted by molar-refractivity contribution is 6.31. The van der Waals surface area contributed by atoms with E-state index in [2.05, 4.69) is 25.9 Å². The molecule has 0 saturated carbocycles. The maximum atomic E-state index is 13.1. The molecule has 17 heteroatoms. The zero-order valence-corrected chi connectivity index (χ0v) is 35.8. The summed E-state index contributed by atoms with van der Waals surface area (Å²) >= 11 is 12.3. The maximum Gasteiger partial charge on any atom is 0.408 e. The second kappa shape index (κ2) is 20.8. The van der Waals surface area contributed by atoms with Crippen molar-refractivity contribution in [2.24, 2.45) is 19.8 Å². The van der Waals surface area contributed by atoms with E-state index >= 15 is 0 Å². The van der Waals surface area contributed by atoms with Crippen LogP contribution in [0.5, 0.6) is 11.5 Å². The third-order valence-corrected chi connectivity index (χ3v) is 9.53. The van der Waals surface area contributed by atoms with Crippen molar-refractivity contribution < 1.29 is 29.3 Å². The first kappa shape index (κ1) is 46.6. The standard InChI is InChI=1S/C24H27ClN4O4.C19H19ClN4O2.ClH/c1-24(2,3)33-23(32)28-20(12-16-11-18(30)9-10-19(16)25)22(31)27-17-7-5-15(6-8-17)21-13-26-14-29(21)4;1-24-11-22-10-18(24)12-2-4-14(5-3-12)23-19(26)17(21)9-13-8-15(25)6-7-16(13)20;/h5-11,13-14,20,30H,12H2,1-4H3,(H,27,31)(H,28,32);2-8,10-11,17,25H,9,21H2,1H3,(H,23,26);1H/t20-;17-;/m00./s1. The lowest BCUT2D eigenvalue weighted by molar-refractivity contribution is -0.118. The molecule has 0 aliphatic carbocycles. The van der Waals surface area contributed by atoms with E-state index in [1.165, 1.54) is 30.3 Å². The first-order valence-electron chi connectivity index (χ1n) is 18.4. The summed E-state index contributed by atoms with van der Waals surface area (Å²) in [5.74, 6) is -0.675. The molecule has 6 rings (SSSR count). The van der Waals surface area contributed by atoms with Gasteiger partial charge in [0.25, 0.3) is 0 Å². The number of benzene rings is 4. The summed E-state index contributed by atoms with van der Waals surface area (Å²) in [6.07, 6.45) is 6.54. The number of hydrogen-bond donors (Lipinski definition) is 6. The SMILES string of the molecule is Cl.Cn1cncc1-c1ccc(NC(=O)[C@@H](N)Cc2cc(O)ccc2Cl)cc1.Cn1cncc1-c1ccc(NC(=O)[C@H](Cc2cc(O)ccc2Cl)NC(=O)OC(C)(C)C)cc1. The van der Waals surface area contributed by atoms with E-state index in [1.807, 2.05) is 59.6 Å². The number of carbonyl (C=O) groups is 3. The number of phenolic OH excluding ortho intramolecular Hbond substituents is 2. The molecule has 60 heavy (non-hydrogen) atoms. The molecule has 7 N–H and O–H groups in total. The predicted molar refractivity (Wildman–Crippen MR) is 237 cm³/mol. The molecule has 0 radical (unpaired) electrons. The minimum Gasteiger partial charge on any atom is -0.508 e. The number of nitrogens with one attached hydrogen (secondary N) is 3. The summed E-state index contributed by atoms with van der Waals surface area (Å²) in [5, 5.41) is 28.4. The summed E-state index contributed by atoms with van der Waals surface area (Å²) in [4.78, 5) is 46.0. The lowest BCUT2D eigenvalue weighted by Crippen LogP contribution is -2.47. The van der Waals surface area contributed by atoms with Gasteiger partial charge in [0.05, 0.1) is 42.5 Å². The number of aromatic hydroxyl groups is 2. The molecule has 4 aromatic carbocycles. The van der Waals surface area contributed by atoms with Gasteiger partial charge in [0.1, 0.15) is 23.1 Å². The van der Waals surface area contributed by atoms with Gasteiger partial charge in [0.15, 0.2) is 0 Å². The van der Waals surface area contributed by atoms with Crippen LogP contribution in [0.15, 0.2) is 110 Å². The Bertz CT molecular complexity index is 2400. The van der Waals surface area contributed by atoms with Crippen LogP contribution in [-0.2, 0) is 41.3 Å². The number of amides is 3. The third-order valence-electron chi connectivity index (χ3n) is 8.80. The van der Waals surface area contributed by atoms with E-state index in [9.17, 15) is 24.6 Å². The molecular formula is C43H47Cl3N8O6. The summed E-state index contributed by atoms with van der Waals surface area (Å²) in [5.41, 5.74) is 11.5. The van der Waals surface area contributed by atoms with Crippen molar-refractivity contribution in [2.75, 3.05) is 10.6 Å². The van der Waals surface area contributed by atoms with Crippen LogP contribution < -0.4 is 21.7 Å². The fourth-order valence-corrected chi connectivity index (χ4v) is 6.22. The van der Waals surface area contributed by atoms with Gasteiger partial charge in [-0.2, -0.15) is 0 Å². The van der Waals surface area contributed by atoms with E-state index in [1.54, 1.807) is 64.0 Å². The molecule has 0 aliphatic rings. The fraction of sp³-hybridized carbons (Fsp3) is 0.233. The van der Waals surface area contributed by atoms with E-state index in [0.29, 0.717) is 32.5 Å². The van der Waals surface area contributed by atoms with E-state index in [0.717, 1.165) is 22.5 Å². The van der Waals surface area contributed by atoms with Crippen molar-refractivity contribution >= 4 is 64.9 Å². The second-order valence-corrected chi connectivity index (χ2v) is 15.5. The van der Waals surface area contributed by atoms with Crippen LogP contribution in [0.2, 0.25) is 10.0 Å². The zero-order valence-electron chi connectivity index (χ0n) is 33.5. The highest BCUT2D eigenvalue weighted by Gasteiger charge is 2.26. The van der Waals surface area contributed by atoms with Crippen molar-refractivity contribution in [2.45, 2.75) is 51.3 Å². The Kier molecular flexibility index (Phi) is 16.1. The van der Waals surface area contributed by atoms with Gasteiger partial charge in [-0.05, 0) is 110 Å². The number of ether oxygens (including phenoxy) is 1. The number of anilines is 2. The van der Waals surface area contributed by atoms with Crippen LogP contribution in [0.4, 0.5) is 16.2 Å². The highest BCUT2D eigenvalue weighted by Crippen LogP contribution is 2.26. The number of nitrogens with zero attached hydrogens (tertiary/aromatic N) is 4. The molecular weight excluding hydrogens is 831 g/mol. The normalized spacial score (nSPS) is 11.9. The number of rotatable bonds is 11. The van der Waals surface area contributed by atoms with Gasteiger partial charge in [-0.15, -0.1) is 12.4 Å². The topological polar surface area (TPSA) is 199 Å². The van der Waals surface area contributed by atoms with Crippen molar-refractivity contribution in [3.8, 4) is 34.0 Å². The summed E-state index contributed by atoms with van der Waals surface area (Å²) in [6.45, 7) is 5.20. The highest BCUT2D eigenvalue weighted by atomic mass is 35.5. The first-order chi connectivity index (χ1) is 27.9. The lowest BCUT2D eigenvalue weighted by Gasteiger charge is -2.23. The van der Waals surface area contributed by atoms with Gasteiger partial charge < -0.3 is 45.8 Å². The van der Waals surface area contributed by atoms with Gasteiger partial charge in [-0.3, -0.25) is 9.59 Å². The molecule has 2 aromatic heterocycles. The molecule has 6 aromatic rings. The van der Waals surface area contributed by atoms with Crippen LogP contribution in [0, 0.1) is 0 Å². The van der Waals surface area contributed by atoms with Crippen molar-refractivity contribution in [1.29, 1.82) is 0 Å². The van der Waals surface area contributed by atoms with Gasteiger partial charge >= 0.3 is 6.09 Å². The smallest absolute Gasteiger partial charge is 0.408 e. The number of halogens is 3. The lowest BCUT2D eigenvalue weighted by atomic mass is 10.0. The van der Waals surface area contributed by atoms with Crippen molar-refractivity contribution in [3.05, 3.63) is 131 Å². The number of aryl methyl sites for hydroxylation is 2. The number of alkyl carbamates (subject to hydrolysis) is 1. The molecule has 14 nitrogen and oxygen atoms in total. The second-order valence-electron chi connectivity index (χ2n) is 14.7. The average Bonchev–Trinajstić information content (AvgIpc) is 3.81. The van der Waals surface area contributed by atoms with Crippen LogP contribution in [0.3, 0.4) is 0 Å². The van der Waals surface area contributed by atoms with Crippen LogP contribution in [0.1, 0.15) is 31.9 Å². The van der Waals surface area contributed by atoms with Crippen molar-refractivity contribution in [1.82, 2.24) is 24.4 Å². The fourth-order valence-electron chi connectivity index (χ4n) is 5.83. The molecule has 2 heterocycles. The molecule has 3 amide bonds. The largest absolute Gasteiger partial charge is 0.508 e. The minimum absolute atomic E-state index is 0. The Hall–Kier alpha value is -6.06. The number of aromatic nitrogens is 4. The zero-order chi connectivity index (χ0) is 42.9. The Balaban J connectivity index is 0.000000267. The number of carbonyl (C=O) groups excluding carboxylic acids is 3. The predicted octanol–water partition coefficient (Wildman–Crippen LogP) is 7.90. The van der Waals surface area contributed by atoms with Gasteiger partial charge in [0.2, 0.25) is 11.8 Å². The number of phenols is 2. The summed E-state index contributed by atoms with van der Waals surface area (Å²) in [7, 11) is 3.82. The van der Waals surface area contributed by atoms with Crippen LogP contribution >= 0.6 is 35.6 Å². The molecule has 2 atom stereocenters. The molecule has 0 saturated heterocycles. The van der Waals surface area contributed by atoms with Gasteiger partial charge in [0, 0.05) is 41.9 Å². The Labute approximate surface area is 364 Å². The Morgan fingerprint density at radius 1 is 0.717 bits per heavy atom. The number of nitrogens with two attached hydrogens (primary N) is 1. The average molecular weight is 878 g/mol. The molecule has 316 valence electrons. The van der Waals surface area contributed by atoms with Crippen LogP contribution in [0.25, 0.3) is 22.5 Å². The van der Waals surface area contributed by atoms with E-state index in [-0.39, 0.29) is 42.7 Å². The third kappa shape index (κ3) is 13.2.